The van der Waals surface area contributed by atoms with E-state index < -0.39 is 0 Å². The molecule has 0 radical (unpaired) electrons. The minimum atomic E-state index is -0.261. The van der Waals surface area contributed by atoms with Gasteiger partial charge in [-0.2, -0.15) is 0 Å². The van der Waals surface area contributed by atoms with Crippen LogP contribution in [0, 0.1) is 11.7 Å². The van der Waals surface area contributed by atoms with Crippen LogP contribution < -0.4 is 9.64 Å². The number of fused-ring (bicyclic) bond motifs is 1. The Kier molecular flexibility index (Phi) is 7.75. The standard InChI is InChI=1S/C38H39FN2O3/c1-40(31-17-15-30(39)16-18-31)35-23-29-22-34-32-14-8-9-19-38(32,33(29)24-36(35)43-25-27-10-4-2-5-11-27)20-21-41(34)37(42)44-26-28-12-6-3-7-13-28/h2-7,10-13,15-18,23-24,32,34H,8-9,14,19-22,25-26H2,1H3/t32-,34+,38+/m0/s1. The van der Waals surface area contributed by atoms with Crippen LogP contribution in [0.2, 0.25) is 0 Å². The van der Waals surface area contributed by atoms with Crippen molar-refractivity contribution in [3.63, 3.8) is 0 Å². The quantitative estimate of drug-likeness (QED) is 0.216. The van der Waals surface area contributed by atoms with Gasteiger partial charge in [0, 0.05) is 30.7 Å². The number of hydrogen-bond acceptors (Lipinski definition) is 4. The lowest BCUT2D eigenvalue weighted by Gasteiger charge is -2.58. The Balaban J connectivity index is 1.25. The second kappa shape index (κ2) is 12.0. The van der Waals surface area contributed by atoms with Crippen molar-refractivity contribution in [1.82, 2.24) is 4.90 Å². The van der Waals surface area contributed by atoms with E-state index in [-0.39, 0.29) is 30.0 Å². The SMILES string of the molecule is CN(c1ccc(F)cc1)c1cc2c(cc1OCc1ccccc1)[C@@]13CCCC[C@H]1[C@@H](C2)N(C(=O)OCc1ccccc1)CC3. The molecule has 4 aromatic carbocycles. The third-order valence-electron chi connectivity index (χ3n) is 10.2. The van der Waals surface area contributed by atoms with Gasteiger partial charge in [-0.15, -0.1) is 0 Å². The van der Waals surface area contributed by atoms with E-state index in [1.807, 2.05) is 60.5 Å². The third-order valence-corrected chi connectivity index (χ3v) is 10.2. The van der Waals surface area contributed by atoms with Gasteiger partial charge in [0.25, 0.3) is 0 Å². The molecule has 5 nitrogen and oxygen atoms in total. The zero-order valence-corrected chi connectivity index (χ0v) is 25.3. The van der Waals surface area contributed by atoms with Crippen molar-refractivity contribution < 1.29 is 18.7 Å². The predicted molar refractivity (Wildman–Crippen MR) is 171 cm³/mol. The molecule has 1 aliphatic heterocycles. The summed E-state index contributed by atoms with van der Waals surface area (Å²) in [6.07, 6.45) is 6.11. The number of nitrogens with zero attached hydrogens (tertiary/aromatic N) is 2. The smallest absolute Gasteiger partial charge is 0.410 e. The van der Waals surface area contributed by atoms with Gasteiger partial charge < -0.3 is 19.3 Å². The van der Waals surface area contributed by atoms with Gasteiger partial charge >= 0.3 is 6.09 Å². The van der Waals surface area contributed by atoms with E-state index in [0.29, 0.717) is 19.1 Å². The van der Waals surface area contributed by atoms with Gasteiger partial charge in [0.2, 0.25) is 0 Å². The number of likely N-dealkylation sites (tertiary alicyclic amines) is 1. The summed E-state index contributed by atoms with van der Waals surface area (Å²) in [5.41, 5.74) is 6.59. The van der Waals surface area contributed by atoms with E-state index in [1.165, 1.54) is 36.1 Å². The molecule has 3 atom stereocenters. The van der Waals surface area contributed by atoms with Gasteiger partial charge in [-0.3, -0.25) is 0 Å². The van der Waals surface area contributed by atoms with Gasteiger partial charge in [-0.05, 0) is 90.3 Å². The highest BCUT2D eigenvalue weighted by molar-refractivity contribution is 5.73. The molecule has 2 aliphatic carbocycles. The van der Waals surface area contributed by atoms with Crippen LogP contribution in [0.25, 0.3) is 0 Å². The average Bonchev–Trinajstić information content (AvgIpc) is 3.07. The van der Waals surface area contributed by atoms with Crippen LogP contribution in [0.5, 0.6) is 5.75 Å². The first-order chi connectivity index (χ1) is 21.5. The van der Waals surface area contributed by atoms with Crippen LogP contribution in [0.15, 0.2) is 97.1 Å². The molecular weight excluding hydrogens is 551 g/mol. The van der Waals surface area contributed by atoms with Crippen LogP contribution in [-0.2, 0) is 29.8 Å². The van der Waals surface area contributed by atoms with Crippen LogP contribution in [0.3, 0.4) is 0 Å². The third kappa shape index (κ3) is 5.31. The van der Waals surface area contributed by atoms with E-state index in [2.05, 4.69) is 29.2 Å². The maximum atomic E-state index is 13.8. The number of anilines is 2. The lowest BCUT2D eigenvalue weighted by atomic mass is 9.52. The predicted octanol–water partition coefficient (Wildman–Crippen LogP) is 8.57. The van der Waals surface area contributed by atoms with E-state index in [0.717, 1.165) is 53.9 Å². The fourth-order valence-electron chi connectivity index (χ4n) is 7.98. The molecule has 7 rings (SSSR count). The highest BCUT2D eigenvalue weighted by atomic mass is 19.1. The molecule has 0 unspecified atom stereocenters. The monoisotopic (exact) mass is 590 g/mol. The highest BCUT2D eigenvalue weighted by Gasteiger charge is 2.55. The Bertz CT molecular complexity index is 1610. The molecule has 1 amide bonds. The minimum Gasteiger partial charge on any atom is -0.487 e. The number of benzene rings is 4. The Hall–Kier alpha value is -4.32. The number of rotatable bonds is 7. The molecule has 1 heterocycles. The zero-order valence-electron chi connectivity index (χ0n) is 25.3. The van der Waals surface area contributed by atoms with E-state index in [4.69, 9.17) is 9.47 Å². The number of hydrogen-bond donors (Lipinski definition) is 0. The molecule has 226 valence electrons. The molecular formula is C38H39FN2O3. The lowest BCUT2D eigenvalue weighted by Crippen LogP contribution is -2.62. The zero-order chi connectivity index (χ0) is 30.1. The normalized spacial score (nSPS) is 22.0. The van der Waals surface area contributed by atoms with Gasteiger partial charge in [0.1, 0.15) is 24.8 Å². The summed E-state index contributed by atoms with van der Waals surface area (Å²) in [5, 5.41) is 0. The second-order valence-electron chi connectivity index (χ2n) is 12.6. The Morgan fingerprint density at radius 1 is 0.909 bits per heavy atom. The summed E-state index contributed by atoms with van der Waals surface area (Å²) in [6.45, 7) is 1.44. The molecule has 2 bridgehead atoms. The maximum Gasteiger partial charge on any atom is 0.410 e. The van der Waals surface area contributed by atoms with Gasteiger partial charge in [-0.1, -0.05) is 73.5 Å². The number of carbonyl (C=O) groups excluding carboxylic acids is 1. The summed E-state index contributed by atoms with van der Waals surface area (Å²) in [7, 11) is 2.00. The first-order valence-corrected chi connectivity index (χ1v) is 15.8. The summed E-state index contributed by atoms with van der Waals surface area (Å²) in [4.78, 5) is 17.7. The summed E-state index contributed by atoms with van der Waals surface area (Å²) < 4.78 is 26.3. The van der Waals surface area contributed by atoms with E-state index in [9.17, 15) is 9.18 Å². The first-order valence-electron chi connectivity index (χ1n) is 15.8. The van der Waals surface area contributed by atoms with Crippen molar-refractivity contribution in [2.45, 2.75) is 63.2 Å². The fraction of sp³-hybridized carbons (Fsp3) is 0.342. The molecule has 0 aromatic heterocycles. The average molecular weight is 591 g/mol. The molecule has 1 saturated carbocycles. The summed E-state index contributed by atoms with van der Waals surface area (Å²) in [6, 6.07) is 31.3. The number of amides is 1. The van der Waals surface area contributed by atoms with Gasteiger partial charge in [-0.25, -0.2) is 9.18 Å². The largest absolute Gasteiger partial charge is 0.487 e. The molecule has 1 saturated heterocycles. The van der Waals surface area contributed by atoms with Crippen LogP contribution >= 0.6 is 0 Å². The molecule has 3 aliphatic rings. The molecule has 44 heavy (non-hydrogen) atoms. The van der Waals surface area contributed by atoms with Crippen LogP contribution in [0.4, 0.5) is 20.6 Å². The molecule has 0 spiro atoms. The molecule has 0 N–H and O–H groups in total. The molecule has 2 fully saturated rings. The summed E-state index contributed by atoms with van der Waals surface area (Å²) >= 11 is 0. The van der Waals surface area contributed by atoms with Crippen molar-refractivity contribution in [1.29, 1.82) is 0 Å². The maximum absolute atomic E-state index is 13.8. The lowest BCUT2D eigenvalue weighted by molar-refractivity contribution is -0.0137. The fourth-order valence-corrected chi connectivity index (χ4v) is 7.98. The number of carbonyl (C=O) groups is 1. The second-order valence-corrected chi connectivity index (χ2v) is 12.6. The Morgan fingerprint density at radius 2 is 1.61 bits per heavy atom. The van der Waals surface area contributed by atoms with Crippen molar-refractivity contribution in [2.75, 3.05) is 18.5 Å². The van der Waals surface area contributed by atoms with Crippen LogP contribution in [0.1, 0.15) is 54.4 Å². The van der Waals surface area contributed by atoms with Crippen LogP contribution in [-0.4, -0.2) is 30.6 Å². The number of ether oxygens (including phenoxy) is 2. The number of halogens is 1. The minimum absolute atomic E-state index is 0.0184. The Morgan fingerprint density at radius 3 is 2.34 bits per heavy atom. The molecule has 6 heteroatoms. The highest BCUT2D eigenvalue weighted by Crippen LogP contribution is 2.57. The summed E-state index contributed by atoms with van der Waals surface area (Å²) in [5.74, 6) is 0.966. The molecule has 4 aromatic rings. The van der Waals surface area contributed by atoms with Crippen molar-refractivity contribution in [2.24, 2.45) is 5.92 Å². The van der Waals surface area contributed by atoms with Crippen molar-refractivity contribution in [3.05, 3.63) is 125 Å². The van der Waals surface area contributed by atoms with Crippen molar-refractivity contribution >= 4 is 17.5 Å². The topological polar surface area (TPSA) is 42.0 Å². The first kappa shape index (κ1) is 28.5. The van der Waals surface area contributed by atoms with E-state index >= 15 is 0 Å². The van der Waals surface area contributed by atoms with E-state index in [1.54, 1.807) is 12.1 Å². The number of piperidine rings is 1. The van der Waals surface area contributed by atoms with Gasteiger partial charge in [0.05, 0.1) is 5.69 Å². The van der Waals surface area contributed by atoms with Gasteiger partial charge in [0.15, 0.2) is 0 Å². The van der Waals surface area contributed by atoms with Crippen molar-refractivity contribution in [3.8, 4) is 5.75 Å². The Labute approximate surface area is 259 Å².